The molecule has 0 spiro atoms. The molecule has 0 radical (unpaired) electrons. The molecular formula is C20H26N2O4S. The summed E-state index contributed by atoms with van der Waals surface area (Å²) in [7, 11) is -2.01. The van der Waals surface area contributed by atoms with E-state index in [1.807, 2.05) is 57.2 Å². The van der Waals surface area contributed by atoms with Gasteiger partial charge in [-0.25, -0.2) is 8.42 Å². The Hall–Kier alpha value is -2.54. The highest BCUT2D eigenvalue weighted by Crippen LogP contribution is 2.23. The second-order valence-electron chi connectivity index (χ2n) is 6.62. The van der Waals surface area contributed by atoms with Crippen LogP contribution in [0.2, 0.25) is 0 Å². The molecule has 0 aromatic heterocycles. The third-order valence-corrected chi connectivity index (χ3v) is 5.43. The lowest BCUT2D eigenvalue weighted by Crippen LogP contribution is -2.41. The van der Waals surface area contributed by atoms with Crippen molar-refractivity contribution in [3.8, 4) is 5.75 Å². The minimum Gasteiger partial charge on any atom is -0.497 e. The van der Waals surface area contributed by atoms with Gasteiger partial charge < -0.3 is 10.1 Å². The molecule has 2 aromatic rings. The fourth-order valence-electron chi connectivity index (χ4n) is 2.86. The average Bonchev–Trinajstić information content (AvgIpc) is 2.59. The van der Waals surface area contributed by atoms with Crippen molar-refractivity contribution in [1.82, 2.24) is 5.32 Å². The standard InChI is InChI=1S/C20H26N2O4S/c1-14-6-11-19(15(2)12-14)22(27(5,24)25)13-20(23)21-16(3)17-7-9-18(26-4)10-8-17/h6-12,16H,13H2,1-5H3,(H,21,23). The normalized spacial score (nSPS) is 12.3. The predicted octanol–water partition coefficient (Wildman–Crippen LogP) is 2.96. The molecule has 0 aliphatic rings. The van der Waals surface area contributed by atoms with E-state index in [9.17, 15) is 13.2 Å². The number of sulfonamides is 1. The molecule has 0 bridgehead atoms. The van der Waals surface area contributed by atoms with Gasteiger partial charge in [0.25, 0.3) is 0 Å². The van der Waals surface area contributed by atoms with Crippen LogP contribution in [0, 0.1) is 13.8 Å². The maximum absolute atomic E-state index is 12.5. The molecule has 0 heterocycles. The van der Waals surface area contributed by atoms with E-state index >= 15 is 0 Å². The van der Waals surface area contributed by atoms with Crippen molar-refractivity contribution in [2.45, 2.75) is 26.8 Å². The molecule has 1 amide bonds. The number of benzene rings is 2. The van der Waals surface area contributed by atoms with E-state index in [1.165, 1.54) is 0 Å². The van der Waals surface area contributed by atoms with Crippen LogP contribution in [-0.4, -0.2) is 34.2 Å². The molecule has 0 fully saturated rings. The van der Waals surface area contributed by atoms with E-state index in [4.69, 9.17) is 4.74 Å². The number of hydrogen-bond acceptors (Lipinski definition) is 4. The van der Waals surface area contributed by atoms with Crippen molar-refractivity contribution in [1.29, 1.82) is 0 Å². The maximum Gasteiger partial charge on any atom is 0.241 e. The van der Waals surface area contributed by atoms with E-state index in [2.05, 4.69) is 5.32 Å². The second kappa shape index (κ2) is 8.43. The van der Waals surface area contributed by atoms with Crippen LogP contribution in [0.3, 0.4) is 0 Å². The molecule has 0 saturated carbocycles. The Kier molecular flexibility index (Phi) is 6.49. The highest BCUT2D eigenvalue weighted by molar-refractivity contribution is 7.92. The van der Waals surface area contributed by atoms with Crippen molar-refractivity contribution < 1.29 is 17.9 Å². The molecule has 2 rings (SSSR count). The summed E-state index contributed by atoms with van der Waals surface area (Å²) in [6.45, 7) is 5.34. The number of hydrogen-bond donors (Lipinski definition) is 1. The number of carbonyl (C=O) groups excluding carboxylic acids is 1. The van der Waals surface area contributed by atoms with Gasteiger partial charge in [-0.3, -0.25) is 9.10 Å². The second-order valence-corrected chi connectivity index (χ2v) is 8.53. The smallest absolute Gasteiger partial charge is 0.241 e. The molecule has 1 N–H and O–H groups in total. The lowest BCUT2D eigenvalue weighted by molar-refractivity contribution is -0.120. The Morgan fingerprint density at radius 1 is 1.15 bits per heavy atom. The zero-order valence-electron chi connectivity index (χ0n) is 16.3. The monoisotopic (exact) mass is 390 g/mol. The maximum atomic E-state index is 12.5. The fourth-order valence-corrected chi connectivity index (χ4v) is 3.77. The van der Waals surface area contributed by atoms with Crippen LogP contribution in [0.25, 0.3) is 0 Å². The first-order valence-electron chi connectivity index (χ1n) is 8.60. The Balaban J connectivity index is 2.16. The molecule has 1 atom stereocenters. The summed E-state index contributed by atoms with van der Waals surface area (Å²) in [4.78, 5) is 12.5. The van der Waals surface area contributed by atoms with Gasteiger partial charge >= 0.3 is 0 Å². The quantitative estimate of drug-likeness (QED) is 0.789. The van der Waals surface area contributed by atoms with Crippen LogP contribution in [0.15, 0.2) is 42.5 Å². The van der Waals surface area contributed by atoms with E-state index in [0.717, 1.165) is 33.0 Å². The minimum absolute atomic E-state index is 0.260. The van der Waals surface area contributed by atoms with E-state index < -0.39 is 10.0 Å². The fraction of sp³-hybridized carbons (Fsp3) is 0.350. The summed E-state index contributed by atoms with van der Waals surface area (Å²) >= 11 is 0. The molecule has 1 unspecified atom stereocenters. The third kappa shape index (κ3) is 5.47. The number of rotatable bonds is 7. The van der Waals surface area contributed by atoms with Gasteiger partial charge in [-0.1, -0.05) is 29.8 Å². The molecule has 27 heavy (non-hydrogen) atoms. The molecule has 6 nitrogen and oxygen atoms in total. The van der Waals surface area contributed by atoms with Crippen LogP contribution >= 0.6 is 0 Å². The topological polar surface area (TPSA) is 75.7 Å². The number of amides is 1. The SMILES string of the molecule is COc1ccc(C(C)NC(=O)CN(c2ccc(C)cc2C)S(C)(=O)=O)cc1. The average molecular weight is 391 g/mol. The number of carbonyl (C=O) groups is 1. The number of ether oxygens (including phenoxy) is 1. The zero-order valence-corrected chi connectivity index (χ0v) is 17.1. The Morgan fingerprint density at radius 2 is 1.78 bits per heavy atom. The predicted molar refractivity (Wildman–Crippen MR) is 108 cm³/mol. The highest BCUT2D eigenvalue weighted by Gasteiger charge is 2.23. The first-order valence-corrected chi connectivity index (χ1v) is 10.4. The molecule has 7 heteroatoms. The molecule has 0 aliphatic heterocycles. The van der Waals surface area contributed by atoms with Gasteiger partial charge in [0.1, 0.15) is 12.3 Å². The largest absolute Gasteiger partial charge is 0.497 e. The van der Waals surface area contributed by atoms with Crippen molar-refractivity contribution in [2.75, 3.05) is 24.2 Å². The van der Waals surface area contributed by atoms with Crippen LogP contribution in [-0.2, 0) is 14.8 Å². The Morgan fingerprint density at radius 3 is 2.30 bits per heavy atom. The lowest BCUT2D eigenvalue weighted by atomic mass is 10.1. The van der Waals surface area contributed by atoms with E-state index in [-0.39, 0.29) is 18.5 Å². The van der Waals surface area contributed by atoms with E-state index in [0.29, 0.717) is 5.69 Å². The van der Waals surface area contributed by atoms with Crippen LogP contribution in [0.4, 0.5) is 5.69 Å². The van der Waals surface area contributed by atoms with Crippen LogP contribution < -0.4 is 14.4 Å². The lowest BCUT2D eigenvalue weighted by Gasteiger charge is -2.25. The Bertz CT molecular complexity index is 908. The number of nitrogens with zero attached hydrogens (tertiary/aromatic N) is 1. The number of anilines is 1. The number of aryl methyl sites for hydroxylation is 2. The molecular weight excluding hydrogens is 364 g/mol. The summed E-state index contributed by atoms with van der Waals surface area (Å²) in [6, 6.07) is 12.6. The van der Waals surface area contributed by atoms with E-state index in [1.54, 1.807) is 13.2 Å². The molecule has 146 valence electrons. The number of nitrogens with one attached hydrogen (secondary N) is 1. The summed E-state index contributed by atoms with van der Waals surface area (Å²) in [5.74, 6) is 0.360. The summed E-state index contributed by atoms with van der Waals surface area (Å²) < 4.78 is 30.8. The Labute approximate surface area is 161 Å². The first kappa shape index (κ1) is 20.8. The third-order valence-electron chi connectivity index (χ3n) is 4.30. The molecule has 0 saturated heterocycles. The van der Waals surface area contributed by atoms with Gasteiger partial charge in [-0.05, 0) is 50.1 Å². The van der Waals surface area contributed by atoms with Gasteiger partial charge in [0, 0.05) is 0 Å². The van der Waals surface area contributed by atoms with Crippen molar-refractivity contribution >= 4 is 21.6 Å². The summed E-state index contributed by atoms with van der Waals surface area (Å²) in [5, 5.41) is 2.85. The summed E-state index contributed by atoms with van der Waals surface area (Å²) in [5.41, 5.74) is 3.25. The van der Waals surface area contributed by atoms with Crippen LogP contribution in [0.5, 0.6) is 5.75 Å². The van der Waals surface area contributed by atoms with Crippen molar-refractivity contribution in [2.24, 2.45) is 0 Å². The molecule has 0 aliphatic carbocycles. The highest BCUT2D eigenvalue weighted by atomic mass is 32.2. The van der Waals surface area contributed by atoms with Crippen molar-refractivity contribution in [3.63, 3.8) is 0 Å². The van der Waals surface area contributed by atoms with Gasteiger partial charge in [0.15, 0.2) is 0 Å². The first-order chi connectivity index (χ1) is 12.6. The van der Waals surface area contributed by atoms with Gasteiger partial charge in [-0.2, -0.15) is 0 Å². The van der Waals surface area contributed by atoms with Gasteiger partial charge in [0.05, 0.1) is 25.1 Å². The van der Waals surface area contributed by atoms with Gasteiger partial charge in [0.2, 0.25) is 15.9 Å². The van der Waals surface area contributed by atoms with Crippen LogP contribution in [0.1, 0.15) is 29.7 Å². The molecule has 2 aromatic carbocycles. The zero-order chi connectivity index (χ0) is 20.2. The van der Waals surface area contributed by atoms with Crippen molar-refractivity contribution in [3.05, 3.63) is 59.2 Å². The minimum atomic E-state index is -3.60. The summed E-state index contributed by atoms with van der Waals surface area (Å²) in [6.07, 6.45) is 1.10. The number of methoxy groups -OCH3 is 1. The van der Waals surface area contributed by atoms with Gasteiger partial charge in [-0.15, -0.1) is 0 Å².